The van der Waals surface area contributed by atoms with Crippen LogP contribution in [-0.2, 0) is 9.36 Å². The highest BCUT2D eigenvalue weighted by Crippen LogP contribution is 2.57. The number of likely N-dealkylation sites (N-methyl/N-ethyl adjacent to an activating group) is 1. The molecular formula is C24H26NO2P. The van der Waals surface area contributed by atoms with Gasteiger partial charge >= 0.3 is 0 Å². The Kier molecular flexibility index (Phi) is 6.49. The highest BCUT2D eigenvalue weighted by Gasteiger charge is 2.43. The van der Waals surface area contributed by atoms with Gasteiger partial charge in [0.05, 0.1) is 0 Å². The lowest BCUT2D eigenvalue weighted by Gasteiger charge is -2.32. The maximum atomic E-state index is 14.8. The average molecular weight is 391 g/mol. The van der Waals surface area contributed by atoms with Gasteiger partial charge in [-0.05, 0) is 19.4 Å². The fraction of sp³-hybridized carbons (Fsp3) is 0.208. The monoisotopic (exact) mass is 391 g/mol. The molecule has 4 heteroatoms. The van der Waals surface area contributed by atoms with E-state index in [-0.39, 0.29) is 5.91 Å². The van der Waals surface area contributed by atoms with Gasteiger partial charge in [0.15, 0.2) is 7.14 Å². The van der Waals surface area contributed by atoms with Gasteiger partial charge in [-0.3, -0.25) is 4.79 Å². The Labute approximate surface area is 167 Å². The second-order valence-electron chi connectivity index (χ2n) is 6.65. The van der Waals surface area contributed by atoms with Crippen LogP contribution in [0.5, 0.6) is 0 Å². The van der Waals surface area contributed by atoms with Crippen LogP contribution in [-0.4, -0.2) is 23.9 Å². The fourth-order valence-electron chi connectivity index (χ4n) is 3.60. The van der Waals surface area contributed by atoms with Crippen molar-refractivity contribution in [3.63, 3.8) is 0 Å². The van der Waals surface area contributed by atoms with E-state index in [1.54, 1.807) is 4.90 Å². The summed E-state index contributed by atoms with van der Waals surface area (Å²) >= 11 is 0. The van der Waals surface area contributed by atoms with Crippen molar-refractivity contribution < 1.29 is 9.36 Å². The van der Waals surface area contributed by atoms with E-state index in [0.717, 1.165) is 5.56 Å². The zero-order chi connectivity index (χ0) is 20.0. The smallest absolute Gasteiger partial charge is 0.238 e. The van der Waals surface area contributed by atoms with Crippen molar-refractivity contribution in [2.24, 2.45) is 0 Å². The van der Waals surface area contributed by atoms with Crippen LogP contribution in [0, 0.1) is 0 Å². The molecule has 144 valence electrons. The van der Waals surface area contributed by atoms with Crippen molar-refractivity contribution >= 4 is 23.7 Å². The van der Waals surface area contributed by atoms with Crippen molar-refractivity contribution in [2.45, 2.75) is 19.5 Å². The van der Waals surface area contributed by atoms with Crippen molar-refractivity contribution in [3.8, 4) is 0 Å². The summed E-state index contributed by atoms with van der Waals surface area (Å²) in [5.41, 5.74) is 0.0360. The number of carbonyl (C=O) groups excluding carboxylic acids is 1. The van der Waals surface area contributed by atoms with Crippen molar-refractivity contribution in [3.05, 3.63) is 96.6 Å². The highest BCUT2D eigenvalue weighted by molar-refractivity contribution is 7.79. The molecule has 0 bridgehead atoms. The van der Waals surface area contributed by atoms with Gasteiger partial charge in [-0.25, -0.2) is 0 Å². The quantitative estimate of drug-likeness (QED) is 0.552. The van der Waals surface area contributed by atoms with Gasteiger partial charge in [-0.2, -0.15) is 0 Å². The highest BCUT2D eigenvalue weighted by atomic mass is 31.2. The minimum atomic E-state index is -3.28. The normalized spacial score (nSPS) is 12.4. The SMILES string of the molecule is CCN(CC)C(=O)C(c1ccccc1)P(=O)(c1ccccc1)c1ccccc1. The molecule has 0 aliphatic heterocycles. The molecule has 0 spiro atoms. The Hall–Kier alpha value is -2.64. The number of hydrogen-bond donors (Lipinski definition) is 0. The van der Waals surface area contributed by atoms with E-state index in [9.17, 15) is 9.36 Å². The Morgan fingerprint density at radius 1 is 0.750 bits per heavy atom. The molecule has 28 heavy (non-hydrogen) atoms. The lowest BCUT2D eigenvalue weighted by Crippen LogP contribution is -2.38. The summed E-state index contributed by atoms with van der Waals surface area (Å²) in [5.74, 6) is -0.0905. The van der Waals surface area contributed by atoms with Gasteiger partial charge in [-0.1, -0.05) is 91.0 Å². The number of hydrogen-bond acceptors (Lipinski definition) is 2. The van der Waals surface area contributed by atoms with Crippen LogP contribution in [0.4, 0.5) is 0 Å². The van der Waals surface area contributed by atoms with Crippen LogP contribution in [0.1, 0.15) is 25.1 Å². The van der Waals surface area contributed by atoms with Gasteiger partial charge in [0.2, 0.25) is 5.91 Å². The molecule has 0 radical (unpaired) electrons. The third-order valence-corrected chi connectivity index (χ3v) is 8.44. The lowest BCUT2D eigenvalue weighted by molar-refractivity contribution is -0.130. The molecule has 3 rings (SSSR count). The standard InChI is InChI=1S/C24H26NO2P/c1-3-25(4-2)24(26)23(20-14-8-5-9-15-20)28(27,21-16-10-6-11-17-21)22-18-12-7-13-19-22/h5-19,23H,3-4H2,1-2H3. The Bertz CT molecular complexity index is 895. The summed E-state index contributed by atoms with van der Waals surface area (Å²) in [6.07, 6.45) is 0. The van der Waals surface area contributed by atoms with Crippen molar-refractivity contribution in [2.75, 3.05) is 13.1 Å². The van der Waals surface area contributed by atoms with Crippen LogP contribution >= 0.6 is 7.14 Å². The second kappa shape index (κ2) is 9.03. The molecule has 1 unspecified atom stereocenters. The van der Waals surface area contributed by atoms with Gasteiger partial charge in [0, 0.05) is 23.7 Å². The molecular weight excluding hydrogens is 365 g/mol. The van der Waals surface area contributed by atoms with E-state index in [4.69, 9.17) is 0 Å². The lowest BCUT2D eigenvalue weighted by atomic mass is 10.1. The van der Waals surface area contributed by atoms with E-state index in [2.05, 4.69) is 0 Å². The number of rotatable bonds is 7. The zero-order valence-electron chi connectivity index (χ0n) is 16.4. The summed E-state index contributed by atoms with van der Waals surface area (Å²) in [7, 11) is -3.28. The molecule has 3 nitrogen and oxygen atoms in total. The largest absolute Gasteiger partial charge is 0.342 e. The molecule has 3 aromatic carbocycles. The summed E-state index contributed by atoms with van der Waals surface area (Å²) in [5, 5.41) is 1.41. The number of nitrogens with zero attached hydrogens (tertiary/aromatic N) is 1. The molecule has 0 saturated carbocycles. The zero-order valence-corrected chi connectivity index (χ0v) is 17.3. The molecule has 0 fully saturated rings. The van der Waals surface area contributed by atoms with Gasteiger partial charge in [0.1, 0.15) is 5.66 Å². The van der Waals surface area contributed by atoms with Gasteiger partial charge < -0.3 is 9.46 Å². The topological polar surface area (TPSA) is 37.4 Å². The predicted molar refractivity (Wildman–Crippen MR) is 117 cm³/mol. The molecule has 1 amide bonds. The first-order valence-corrected chi connectivity index (χ1v) is 11.4. The molecule has 0 saturated heterocycles. The first kappa shape index (κ1) is 20.1. The minimum absolute atomic E-state index is 0.0905. The number of carbonyl (C=O) groups is 1. The second-order valence-corrected chi connectivity index (χ2v) is 9.52. The summed E-state index contributed by atoms with van der Waals surface area (Å²) in [6.45, 7) is 5.09. The Balaban J connectivity index is 2.29. The third-order valence-electron chi connectivity index (χ3n) is 5.07. The number of amides is 1. The molecule has 0 heterocycles. The maximum absolute atomic E-state index is 14.8. The summed E-state index contributed by atoms with van der Waals surface area (Å²) in [6, 6.07) is 28.4. The molecule has 0 aliphatic rings. The Morgan fingerprint density at radius 3 is 1.54 bits per heavy atom. The Morgan fingerprint density at radius 2 is 1.14 bits per heavy atom. The van der Waals surface area contributed by atoms with E-state index >= 15 is 0 Å². The minimum Gasteiger partial charge on any atom is -0.342 e. The predicted octanol–water partition coefficient (Wildman–Crippen LogP) is 4.61. The molecule has 1 atom stereocenters. The van der Waals surface area contributed by atoms with Crippen LogP contribution in [0.15, 0.2) is 91.0 Å². The average Bonchev–Trinajstić information content (AvgIpc) is 2.76. The van der Waals surface area contributed by atoms with E-state index in [0.29, 0.717) is 23.7 Å². The van der Waals surface area contributed by atoms with Gasteiger partial charge in [0.25, 0.3) is 0 Å². The van der Waals surface area contributed by atoms with Crippen molar-refractivity contribution in [1.29, 1.82) is 0 Å². The molecule has 0 aromatic heterocycles. The fourth-order valence-corrected chi connectivity index (χ4v) is 6.79. The summed E-state index contributed by atoms with van der Waals surface area (Å²) < 4.78 is 14.8. The van der Waals surface area contributed by atoms with Crippen LogP contribution in [0.2, 0.25) is 0 Å². The van der Waals surface area contributed by atoms with Crippen LogP contribution in [0.3, 0.4) is 0 Å². The molecule has 0 N–H and O–H groups in total. The van der Waals surface area contributed by atoms with E-state index < -0.39 is 12.8 Å². The van der Waals surface area contributed by atoms with Crippen LogP contribution in [0.25, 0.3) is 0 Å². The first-order valence-electron chi connectivity index (χ1n) is 9.67. The van der Waals surface area contributed by atoms with Crippen LogP contribution < -0.4 is 10.6 Å². The maximum Gasteiger partial charge on any atom is 0.238 e. The third kappa shape index (κ3) is 3.81. The first-order chi connectivity index (χ1) is 13.6. The molecule has 3 aromatic rings. The number of benzene rings is 3. The summed E-state index contributed by atoms with van der Waals surface area (Å²) in [4.78, 5) is 15.4. The van der Waals surface area contributed by atoms with Gasteiger partial charge in [-0.15, -0.1) is 0 Å². The molecule has 0 aliphatic carbocycles. The van der Waals surface area contributed by atoms with Crippen molar-refractivity contribution in [1.82, 2.24) is 4.90 Å². The van der Waals surface area contributed by atoms with E-state index in [1.807, 2.05) is 105 Å². The van der Waals surface area contributed by atoms with E-state index in [1.165, 1.54) is 0 Å².